The average Bonchev–Trinajstić information content (AvgIpc) is 3.32. The molecule has 0 radical (unpaired) electrons. The molecule has 0 unspecified atom stereocenters. The summed E-state index contributed by atoms with van der Waals surface area (Å²) in [4.78, 5) is 26.6. The van der Waals surface area contributed by atoms with Gasteiger partial charge in [-0.2, -0.15) is 28.4 Å². The van der Waals surface area contributed by atoms with Gasteiger partial charge in [-0.15, -0.1) is 0 Å². The van der Waals surface area contributed by atoms with Gasteiger partial charge in [0.2, 0.25) is 0 Å². The van der Waals surface area contributed by atoms with Crippen molar-refractivity contribution in [3.05, 3.63) is 52.2 Å². The van der Waals surface area contributed by atoms with Crippen molar-refractivity contribution in [3.63, 3.8) is 0 Å². The van der Waals surface area contributed by atoms with Crippen LogP contribution < -0.4 is 15.4 Å². The molecule has 5 rings (SSSR count). The summed E-state index contributed by atoms with van der Waals surface area (Å²) in [5, 5.41) is 9.46. The molecule has 2 fully saturated rings. The second-order valence-electron chi connectivity index (χ2n) is 12.7. The number of amides is 1. The fourth-order valence-corrected chi connectivity index (χ4v) is 7.16. The predicted octanol–water partition coefficient (Wildman–Crippen LogP) is 4.88. The molecule has 2 N–H and O–H groups in total. The molecular formula is C32H37F6N7O2. The monoisotopic (exact) mass is 665 g/mol. The standard InChI is InChI=1S/C32H37F6N7O2/c1-16-9-23-25(12-22(16)26-27(32(36,37)38)17(2)10-24(40)28(26)35)41-31(47-15-21-11-19(34)13-43(21)4)42-29(23)44-7-8-45(30(46)18(3)33)20(14-44)5-6-39/h10,16,19-22H,3,5,7-9,11-15,40H2,1-2,4H3/t16-,19-,20-,21+,22-/m1/s1. The number of nitrogens with zero attached hydrogens (tertiary/aromatic N) is 6. The fourth-order valence-electron chi connectivity index (χ4n) is 7.16. The Hall–Kier alpha value is -4.06. The lowest BCUT2D eigenvalue weighted by Crippen LogP contribution is -2.55. The molecule has 1 aromatic carbocycles. The quantitative estimate of drug-likeness (QED) is 0.253. The largest absolute Gasteiger partial charge is 0.462 e. The summed E-state index contributed by atoms with van der Waals surface area (Å²) in [5.74, 6) is -4.23. The molecule has 15 heteroatoms. The van der Waals surface area contributed by atoms with Gasteiger partial charge in [0.25, 0.3) is 5.91 Å². The van der Waals surface area contributed by atoms with E-state index < -0.39 is 58.9 Å². The highest BCUT2D eigenvalue weighted by Gasteiger charge is 2.43. The van der Waals surface area contributed by atoms with Crippen LogP contribution in [0, 0.1) is 30.0 Å². The Morgan fingerprint density at radius 1 is 1.21 bits per heavy atom. The summed E-state index contributed by atoms with van der Waals surface area (Å²) in [6, 6.07) is 1.96. The highest BCUT2D eigenvalue weighted by atomic mass is 19.4. The van der Waals surface area contributed by atoms with E-state index in [2.05, 4.69) is 16.5 Å². The number of likely N-dealkylation sites (tertiary alicyclic amines) is 1. The minimum absolute atomic E-state index is 0.0498. The lowest BCUT2D eigenvalue weighted by molar-refractivity contribution is -0.139. The second-order valence-corrected chi connectivity index (χ2v) is 12.7. The molecule has 9 nitrogen and oxygen atoms in total. The van der Waals surface area contributed by atoms with E-state index in [1.54, 1.807) is 14.0 Å². The van der Waals surface area contributed by atoms with Gasteiger partial charge in [0, 0.05) is 43.3 Å². The molecule has 1 aromatic heterocycles. The number of anilines is 2. The Morgan fingerprint density at radius 3 is 2.55 bits per heavy atom. The van der Waals surface area contributed by atoms with Gasteiger partial charge in [0.1, 0.15) is 24.4 Å². The van der Waals surface area contributed by atoms with E-state index in [9.17, 15) is 32.0 Å². The van der Waals surface area contributed by atoms with E-state index >= 15 is 4.39 Å². The summed E-state index contributed by atoms with van der Waals surface area (Å²) < 4.78 is 92.4. The van der Waals surface area contributed by atoms with Crippen LogP contribution in [-0.4, -0.2) is 83.8 Å². The van der Waals surface area contributed by atoms with Crippen LogP contribution in [0.2, 0.25) is 0 Å². The normalized spacial score (nSPS) is 25.0. The maximum absolute atomic E-state index is 15.6. The van der Waals surface area contributed by atoms with Crippen LogP contribution in [0.1, 0.15) is 53.6 Å². The zero-order chi connectivity index (χ0) is 34.4. The molecule has 254 valence electrons. The summed E-state index contributed by atoms with van der Waals surface area (Å²) in [6.45, 7) is 6.70. The number of halogens is 6. The molecule has 3 aliphatic rings. The topological polar surface area (TPSA) is 112 Å². The van der Waals surface area contributed by atoms with Crippen molar-refractivity contribution in [3.8, 4) is 12.1 Å². The number of nitrogens with two attached hydrogens (primary N) is 1. The first-order chi connectivity index (χ1) is 22.1. The Morgan fingerprint density at radius 2 is 1.94 bits per heavy atom. The van der Waals surface area contributed by atoms with Crippen molar-refractivity contribution < 1.29 is 35.9 Å². The molecule has 2 aromatic rings. The van der Waals surface area contributed by atoms with Gasteiger partial charge in [0.05, 0.1) is 35.5 Å². The van der Waals surface area contributed by atoms with Gasteiger partial charge in [0.15, 0.2) is 5.83 Å². The third kappa shape index (κ3) is 6.83. The summed E-state index contributed by atoms with van der Waals surface area (Å²) in [7, 11) is 1.77. The Kier molecular flexibility index (Phi) is 9.64. The summed E-state index contributed by atoms with van der Waals surface area (Å²) in [6.07, 6.45) is -5.61. The van der Waals surface area contributed by atoms with Crippen LogP contribution >= 0.6 is 0 Å². The number of aromatic nitrogens is 2. The van der Waals surface area contributed by atoms with E-state index in [-0.39, 0.29) is 81.8 Å². The number of benzene rings is 1. The van der Waals surface area contributed by atoms with Gasteiger partial charge in [-0.1, -0.05) is 13.5 Å². The van der Waals surface area contributed by atoms with E-state index in [1.807, 2.05) is 15.9 Å². The minimum Gasteiger partial charge on any atom is -0.462 e. The van der Waals surface area contributed by atoms with Crippen molar-refractivity contribution in [1.29, 1.82) is 5.26 Å². The molecule has 0 spiro atoms. The molecule has 3 heterocycles. The van der Waals surface area contributed by atoms with E-state index in [0.29, 0.717) is 17.1 Å². The van der Waals surface area contributed by atoms with E-state index in [0.717, 1.165) is 6.07 Å². The van der Waals surface area contributed by atoms with Crippen molar-refractivity contribution in [2.45, 2.75) is 69.9 Å². The number of likely N-dealkylation sites (N-methyl/N-ethyl adjacent to an activating group) is 1. The lowest BCUT2D eigenvalue weighted by atomic mass is 9.73. The summed E-state index contributed by atoms with van der Waals surface area (Å²) >= 11 is 0. The molecule has 5 atom stereocenters. The lowest BCUT2D eigenvalue weighted by Gasteiger charge is -2.42. The zero-order valence-electron chi connectivity index (χ0n) is 26.4. The first kappa shape index (κ1) is 34.3. The first-order valence-electron chi connectivity index (χ1n) is 15.4. The van der Waals surface area contributed by atoms with Crippen molar-refractivity contribution in [2.75, 3.05) is 50.5 Å². The molecular weight excluding hydrogens is 628 g/mol. The Balaban J connectivity index is 1.56. The van der Waals surface area contributed by atoms with Crippen LogP contribution in [0.15, 0.2) is 18.5 Å². The van der Waals surface area contributed by atoms with Crippen molar-refractivity contribution in [2.24, 2.45) is 5.92 Å². The number of hydrogen-bond donors (Lipinski definition) is 1. The minimum atomic E-state index is -4.83. The molecule has 0 saturated carbocycles. The number of nitrogen functional groups attached to an aromatic ring is 1. The van der Waals surface area contributed by atoms with Crippen LogP contribution in [0.4, 0.5) is 37.8 Å². The number of fused-ring (bicyclic) bond motifs is 1. The predicted molar refractivity (Wildman–Crippen MR) is 162 cm³/mol. The third-order valence-electron chi connectivity index (χ3n) is 9.50. The van der Waals surface area contributed by atoms with Gasteiger partial charge in [-0.25, -0.2) is 13.2 Å². The third-order valence-corrected chi connectivity index (χ3v) is 9.50. The van der Waals surface area contributed by atoms with Crippen LogP contribution in [0.25, 0.3) is 0 Å². The van der Waals surface area contributed by atoms with E-state index in [1.165, 1.54) is 11.8 Å². The number of carbonyl (C=O) groups is 1. The molecule has 47 heavy (non-hydrogen) atoms. The SMILES string of the molecule is C=C(F)C(=O)N1CCN(c2nc(OC[C@@H]3C[C@@H](F)CN3C)nc3c2C[C@@H](C)[C@H](c2c(F)c(N)cc(C)c2C(F)(F)F)C3)C[C@H]1CC#N. The average molecular weight is 666 g/mol. The summed E-state index contributed by atoms with van der Waals surface area (Å²) in [5.41, 5.74) is 4.67. The van der Waals surface area contributed by atoms with Gasteiger partial charge in [-0.3, -0.25) is 9.69 Å². The molecule has 1 amide bonds. The van der Waals surface area contributed by atoms with Gasteiger partial charge >= 0.3 is 12.2 Å². The van der Waals surface area contributed by atoms with Crippen LogP contribution in [-0.2, 0) is 23.8 Å². The Labute approximate surface area is 269 Å². The maximum Gasteiger partial charge on any atom is 0.417 e. The van der Waals surface area contributed by atoms with Crippen LogP contribution in [0.5, 0.6) is 6.01 Å². The maximum atomic E-state index is 15.6. The number of alkyl halides is 4. The van der Waals surface area contributed by atoms with Crippen LogP contribution in [0.3, 0.4) is 0 Å². The molecule has 0 bridgehead atoms. The van der Waals surface area contributed by atoms with E-state index in [4.69, 9.17) is 10.5 Å². The number of ether oxygens (including phenoxy) is 1. The Bertz CT molecular complexity index is 1600. The number of hydrogen-bond acceptors (Lipinski definition) is 8. The number of piperazine rings is 1. The number of nitriles is 1. The number of aryl methyl sites for hydroxylation is 1. The van der Waals surface area contributed by atoms with Crippen molar-refractivity contribution >= 4 is 17.4 Å². The smallest absolute Gasteiger partial charge is 0.417 e. The molecule has 1 aliphatic carbocycles. The van der Waals surface area contributed by atoms with Crippen molar-refractivity contribution in [1.82, 2.24) is 19.8 Å². The first-order valence-corrected chi connectivity index (χ1v) is 15.4. The second kappa shape index (κ2) is 13.2. The highest BCUT2D eigenvalue weighted by molar-refractivity contribution is 5.91. The van der Waals surface area contributed by atoms with Gasteiger partial charge in [-0.05, 0) is 56.7 Å². The van der Waals surface area contributed by atoms with Gasteiger partial charge < -0.3 is 20.3 Å². The fraction of sp³-hybridized carbons (Fsp3) is 0.562. The number of carbonyl (C=O) groups excluding carboxylic acids is 1. The number of rotatable bonds is 7. The molecule has 2 aliphatic heterocycles. The highest BCUT2D eigenvalue weighted by Crippen LogP contribution is 2.47. The molecule has 2 saturated heterocycles. The zero-order valence-corrected chi connectivity index (χ0v) is 26.4.